The molecule has 160 valence electrons. The Bertz CT molecular complexity index is 1100. The van der Waals surface area contributed by atoms with Gasteiger partial charge in [0.05, 0.1) is 12.1 Å². The van der Waals surface area contributed by atoms with E-state index in [1.807, 2.05) is 0 Å². The average molecular weight is 431 g/mol. The van der Waals surface area contributed by atoms with Crippen LogP contribution in [0.4, 0.5) is 17.6 Å². The van der Waals surface area contributed by atoms with Gasteiger partial charge in [0.1, 0.15) is 23.9 Å². The van der Waals surface area contributed by atoms with Crippen LogP contribution in [0.1, 0.15) is 15.9 Å². The molecule has 0 bridgehead atoms. The fraction of sp³-hybridized carbons (Fsp3) is 0.174. The van der Waals surface area contributed by atoms with E-state index < -0.39 is 12.2 Å². The van der Waals surface area contributed by atoms with Crippen LogP contribution >= 0.6 is 0 Å². The SMILES string of the molecule is O=C1c2cc(-c3ccc(OC(F)(F)F)cc3)ccc2OCCN1Cc1ccccc1F. The first-order chi connectivity index (χ1) is 14.8. The van der Waals surface area contributed by atoms with E-state index in [1.165, 1.54) is 35.2 Å². The molecule has 3 aromatic carbocycles. The van der Waals surface area contributed by atoms with Gasteiger partial charge >= 0.3 is 6.36 Å². The summed E-state index contributed by atoms with van der Waals surface area (Å²) in [4.78, 5) is 14.6. The van der Waals surface area contributed by atoms with Crippen LogP contribution in [0.3, 0.4) is 0 Å². The number of benzene rings is 3. The molecule has 4 nitrogen and oxygen atoms in total. The van der Waals surface area contributed by atoms with Crippen molar-refractivity contribution in [2.24, 2.45) is 0 Å². The van der Waals surface area contributed by atoms with Crippen LogP contribution in [0.15, 0.2) is 66.7 Å². The number of amides is 1. The van der Waals surface area contributed by atoms with Crippen molar-refractivity contribution in [3.63, 3.8) is 0 Å². The van der Waals surface area contributed by atoms with Gasteiger partial charge in [-0.15, -0.1) is 13.2 Å². The molecule has 0 atom stereocenters. The predicted molar refractivity (Wildman–Crippen MR) is 105 cm³/mol. The first kappa shape index (κ1) is 20.7. The Balaban J connectivity index is 1.60. The van der Waals surface area contributed by atoms with E-state index in [1.54, 1.807) is 36.4 Å². The third-order valence-corrected chi connectivity index (χ3v) is 4.86. The Morgan fingerprint density at radius 2 is 1.68 bits per heavy atom. The quantitative estimate of drug-likeness (QED) is 0.518. The molecule has 0 N–H and O–H groups in total. The fourth-order valence-corrected chi connectivity index (χ4v) is 3.37. The second-order valence-electron chi connectivity index (χ2n) is 6.95. The zero-order valence-corrected chi connectivity index (χ0v) is 16.2. The molecular formula is C23H17F4NO3. The lowest BCUT2D eigenvalue weighted by molar-refractivity contribution is -0.274. The number of carbonyl (C=O) groups excluding carboxylic acids is 1. The highest BCUT2D eigenvalue weighted by molar-refractivity contribution is 5.98. The summed E-state index contributed by atoms with van der Waals surface area (Å²) in [6.07, 6.45) is -4.77. The molecule has 1 heterocycles. The molecule has 0 saturated carbocycles. The Labute approximate surface area is 175 Å². The van der Waals surface area contributed by atoms with Crippen molar-refractivity contribution < 1.29 is 31.8 Å². The summed E-state index contributed by atoms with van der Waals surface area (Å²) in [6, 6.07) is 16.6. The minimum atomic E-state index is -4.77. The first-order valence-electron chi connectivity index (χ1n) is 9.46. The molecule has 3 aromatic rings. The minimum absolute atomic E-state index is 0.0992. The number of nitrogens with zero attached hydrogens (tertiary/aromatic N) is 1. The largest absolute Gasteiger partial charge is 0.573 e. The van der Waals surface area contributed by atoms with E-state index in [-0.39, 0.29) is 24.8 Å². The first-order valence-corrected chi connectivity index (χ1v) is 9.46. The molecule has 8 heteroatoms. The molecule has 1 amide bonds. The molecule has 0 spiro atoms. The van der Waals surface area contributed by atoms with Gasteiger partial charge in [-0.25, -0.2) is 4.39 Å². The zero-order chi connectivity index (χ0) is 22.0. The lowest BCUT2D eigenvalue weighted by Crippen LogP contribution is -2.32. The number of rotatable bonds is 4. The van der Waals surface area contributed by atoms with Gasteiger partial charge < -0.3 is 14.4 Å². The second kappa shape index (κ2) is 8.29. The smallest absolute Gasteiger partial charge is 0.491 e. The highest BCUT2D eigenvalue weighted by Gasteiger charge is 2.31. The normalized spacial score (nSPS) is 13.9. The second-order valence-corrected chi connectivity index (χ2v) is 6.95. The molecule has 0 fully saturated rings. The van der Waals surface area contributed by atoms with E-state index in [0.29, 0.717) is 34.5 Å². The van der Waals surface area contributed by atoms with Gasteiger partial charge in [-0.1, -0.05) is 36.4 Å². The van der Waals surface area contributed by atoms with Gasteiger partial charge in [0.15, 0.2) is 0 Å². The molecule has 0 aromatic heterocycles. The monoisotopic (exact) mass is 431 g/mol. The minimum Gasteiger partial charge on any atom is -0.491 e. The maximum absolute atomic E-state index is 14.0. The van der Waals surface area contributed by atoms with Crippen LogP contribution in [0.25, 0.3) is 11.1 Å². The number of fused-ring (bicyclic) bond motifs is 1. The summed E-state index contributed by atoms with van der Waals surface area (Å²) in [5.74, 6) is -0.631. The van der Waals surface area contributed by atoms with Crippen LogP contribution < -0.4 is 9.47 Å². The Hall–Kier alpha value is -3.55. The summed E-state index contributed by atoms with van der Waals surface area (Å²) in [5, 5.41) is 0. The summed E-state index contributed by atoms with van der Waals surface area (Å²) < 4.78 is 60.7. The Morgan fingerprint density at radius 1 is 0.968 bits per heavy atom. The van der Waals surface area contributed by atoms with Crippen molar-refractivity contribution in [3.8, 4) is 22.6 Å². The molecule has 31 heavy (non-hydrogen) atoms. The maximum atomic E-state index is 14.0. The van der Waals surface area contributed by atoms with Crippen molar-refractivity contribution in [3.05, 3.63) is 83.7 Å². The van der Waals surface area contributed by atoms with E-state index in [2.05, 4.69) is 4.74 Å². The molecule has 0 aliphatic carbocycles. The van der Waals surface area contributed by atoms with Gasteiger partial charge in [0, 0.05) is 12.1 Å². The summed E-state index contributed by atoms with van der Waals surface area (Å²) in [5.41, 5.74) is 1.94. The predicted octanol–water partition coefficient (Wildman–Crippen LogP) is 5.43. The zero-order valence-electron chi connectivity index (χ0n) is 16.2. The van der Waals surface area contributed by atoms with Gasteiger partial charge in [-0.3, -0.25) is 4.79 Å². The van der Waals surface area contributed by atoms with Gasteiger partial charge in [-0.2, -0.15) is 0 Å². The van der Waals surface area contributed by atoms with Crippen LogP contribution in [0.2, 0.25) is 0 Å². The van der Waals surface area contributed by atoms with Crippen molar-refractivity contribution in [1.82, 2.24) is 4.90 Å². The summed E-state index contributed by atoms with van der Waals surface area (Å²) in [6.45, 7) is 0.651. The molecule has 4 rings (SSSR count). The van der Waals surface area contributed by atoms with Gasteiger partial charge in [0.2, 0.25) is 0 Å². The van der Waals surface area contributed by atoms with Crippen LogP contribution in [0, 0.1) is 5.82 Å². The molecule has 1 aliphatic heterocycles. The Kier molecular flexibility index (Phi) is 5.54. The van der Waals surface area contributed by atoms with Gasteiger partial charge in [0.25, 0.3) is 5.91 Å². The third-order valence-electron chi connectivity index (χ3n) is 4.86. The van der Waals surface area contributed by atoms with Crippen molar-refractivity contribution in [2.45, 2.75) is 12.9 Å². The number of carbonyl (C=O) groups is 1. The summed E-state index contributed by atoms with van der Waals surface area (Å²) >= 11 is 0. The van der Waals surface area contributed by atoms with E-state index in [4.69, 9.17) is 4.74 Å². The topological polar surface area (TPSA) is 38.8 Å². The average Bonchev–Trinajstić information content (AvgIpc) is 2.88. The van der Waals surface area contributed by atoms with Crippen molar-refractivity contribution in [2.75, 3.05) is 13.2 Å². The van der Waals surface area contributed by atoms with E-state index >= 15 is 0 Å². The van der Waals surface area contributed by atoms with E-state index in [0.717, 1.165) is 0 Å². The van der Waals surface area contributed by atoms with Crippen LogP contribution in [-0.4, -0.2) is 30.3 Å². The maximum Gasteiger partial charge on any atom is 0.573 e. The van der Waals surface area contributed by atoms with Crippen LogP contribution in [0.5, 0.6) is 11.5 Å². The van der Waals surface area contributed by atoms with Gasteiger partial charge in [-0.05, 0) is 41.5 Å². The highest BCUT2D eigenvalue weighted by atomic mass is 19.4. The fourth-order valence-electron chi connectivity index (χ4n) is 3.37. The number of hydrogen-bond acceptors (Lipinski definition) is 3. The van der Waals surface area contributed by atoms with E-state index in [9.17, 15) is 22.4 Å². The number of alkyl halides is 3. The Morgan fingerprint density at radius 3 is 2.39 bits per heavy atom. The molecular weight excluding hydrogens is 414 g/mol. The number of ether oxygens (including phenoxy) is 2. The van der Waals surface area contributed by atoms with Crippen LogP contribution in [-0.2, 0) is 6.54 Å². The lowest BCUT2D eigenvalue weighted by atomic mass is 10.0. The molecule has 0 unspecified atom stereocenters. The molecule has 0 radical (unpaired) electrons. The number of hydrogen-bond donors (Lipinski definition) is 0. The third kappa shape index (κ3) is 4.79. The highest BCUT2D eigenvalue weighted by Crippen LogP contribution is 2.31. The standard InChI is InChI=1S/C23H17F4NO3/c24-20-4-2-1-3-17(20)14-28-11-12-30-21-10-7-16(13-19(21)22(28)29)15-5-8-18(9-6-15)31-23(25,26)27/h1-10,13H,11-12,14H2. The number of halogens is 4. The lowest BCUT2D eigenvalue weighted by Gasteiger charge is -2.20. The molecule has 1 aliphatic rings. The summed E-state index contributed by atoms with van der Waals surface area (Å²) in [7, 11) is 0. The molecule has 0 saturated heterocycles. The van der Waals surface area contributed by atoms with Crippen molar-refractivity contribution in [1.29, 1.82) is 0 Å². The van der Waals surface area contributed by atoms with Crippen molar-refractivity contribution >= 4 is 5.91 Å².